The van der Waals surface area contributed by atoms with E-state index < -0.39 is 0 Å². The van der Waals surface area contributed by atoms with Crippen LogP contribution in [0.5, 0.6) is 0 Å². The van der Waals surface area contributed by atoms with Crippen molar-refractivity contribution < 1.29 is 4.39 Å². The number of rotatable bonds is 0. The zero-order valence-electron chi connectivity index (χ0n) is 6.69. The van der Waals surface area contributed by atoms with Crippen LogP contribution in [0.2, 0.25) is 0 Å². The molecule has 0 saturated carbocycles. The molecule has 0 aliphatic rings. The van der Waals surface area contributed by atoms with Crippen molar-refractivity contribution in [1.29, 1.82) is 0 Å². The van der Waals surface area contributed by atoms with Gasteiger partial charge in [0, 0.05) is 0 Å². The molecule has 10 heavy (non-hydrogen) atoms. The monoisotopic (exact) mass is 140 g/mol. The van der Waals surface area contributed by atoms with E-state index in [2.05, 4.69) is 38.1 Å². The second-order valence-electron chi connectivity index (χ2n) is 2.16. The third-order valence-electron chi connectivity index (χ3n) is 1.17. The van der Waals surface area contributed by atoms with Crippen LogP contribution in [0.1, 0.15) is 11.1 Å². The van der Waals surface area contributed by atoms with E-state index in [1.54, 1.807) is 0 Å². The van der Waals surface area contributed by atoms with E-state index in [1.165, 1.54) is 11.1 Å². The van der Waals surface area contributed by atoms with E-state index in [0.717, 1.165) is 0 Å². The maximum atomic E-state index is 9.50. The Bertz CT molecular complexity index is 165. The second-order valence-corrected chi connectivity index (χ2v) is 2.16. The number of aryl methyl sites for hydroxylation is 2. The van der Waals surface area contributed by atoms with Crippen LogP contribution < -0.4 is 0 Å². The molecule has 0 bridgehead atoms. The molecule has 0 unspecified atom stereocenters. The van der Waals surface area contributed by atoms with E-state index in [4.69, 9.17) is 0 Å². The van der Waals surface area contributed by atoms with E-state index in [9.17, 15) is 4.39 Å². The highest BCUT2D eigenvalue weighted by Gasteiger charge is 1.80. The summed E-state index contributed by atoms with van der Waals surface area (Å²) in [5, 5.41) is 0. The van der Waals surface area contributed by atoms with Gasteiger partial charge in [-0.1, -0.05) is 35.4 Å². The molecule has 0 N–H and O–H groups in total. The highest BCUT2D eigenvalue weighted by Crippen LogP contribution is 2.00. The van der Waals surface area contributed by atoms with Gasteiger partial charge >= 0.3 is 0 Å². The van der Waals surface area contributed by atoms with E-state index in [1.807, 2.05) is 0 Å². The van der Waals surface area contributed by atoms with Gasteiger partial charge in [-0.2, -0.15) is 0 Å². The normalized spacial score (nSPS) is 8.00. The minimum absolute atomic E-state index is 0.500. The summed E-state index contributed by atoms with van der Waals surface area (Å²) in [7, 11) is 0.500. The minimum Gasteiger partial charge on any atom is -0.255 e. The predicted molar refractivity (Wildman–Crippen MR) is 42.9 cm³/mol. The summed E-state index contributed by atoms with van der Waals surface area (Å²) in [6.45, 7) is 4.21. The molecule has 0 aliphatic heterocycles. The average Bonchev–Trinajstić information content (AvgIpc) is 1.91. The summed E-state index contributed by atoms with van der Waals surface area (Å²) < 4.78 is 9.50. The molecule has 0 saturated heterocycles. The van der Waals surface area contributed by atoms with Crippen LogP contribution in [-0.4, -0.2) is 7.18 Å². The van der Waals surface area contributed by atoms with Crippen molar-refractivity contribution >= 4 is 0 Å². The number of benzene rings is 1. The lowest BCUT2D eigenvalue weighted by molar-refractivity contribution is 0.636. The molecule has 0 radical (unpaired) electrons. The molecule has 1 aromatic rings. The lowest BCUT2D eigenvalue weighted by Gasteiger charge is -1.90. The first-order valence-electron chi connectivity index (χ1n) is 3.20. The fourth-order valence-electron chi connectivity index (χ4n) is 0.807. The van der Waals surface area contributed by atoms with Crippen molar-refractivity contribution in [3.8, 4) is 0 Å². The highest BCUT2D eigenvalue weighted by atomic mass is 19.1. The van der Waals surface area contributed by atoms with Crippen LogP contribution in [0.4, 0.5) is 4.39 Å². The van der Waals surface area contributed by atoms with Crippen molar-refractivity contribution in [3.05, 3.63) is 35.4 Å². The number of halogens is 1. The van der Waals surface area contributed by atoms with Gasteiger partial charge in [0.15, 0.2) is 0 Å². The number of hydrogen-bond acceptors (Lipinski definition) is 0. The smallest absolute Gasteiger partial charge is 0.0785 e. The predicted octanol–water partition coefficient (Wildman–Crippen LogP) is 2.89. The summed E-state index contributed by atoms with van der Waals surface area (Å²) in [5.74, 6) is 0. The Labute approximate surface area is 61.7 Å². The Morgan fingerprint density at radius 3 is 1.60 bits per heavy atom. The third-order valence-corrected chi connectivity index (χ3v) is 1.17. The first-order chi connectivity index (χ1) is 4.79. The van der Waals surface area contributed by atoms with Crippen molar-refractivity contribution in [3.63, 3.8) is 0 Å². The van der Waals surface area contributed by atoms with Crippen molar-refractivity contribution in [1.82, 2.24) is 0 Å². The summed E-state index contributed by atoms with van der Waals surface area (Å²) in [6.07, 6.45) is 0. The molecule has 0 spiro atoms. The van der Waals surface area contributed by atoms with Gasteiger partial charge in [0.1, 0.15) is 0 Å². The van der Waals surface area contributed by atoms with Gasteiger partial charge in [0.25, 0.3) is 0 Å². The van der Waals surface area contributed by atoms with Crippen LogP contribution in [0, 0.1) is 13.8 Å². The van der Waals surface area contributed by atoms with Crippen molar-refractivity contribution in [2.24, 2.45) is 0 Å². The van der Waals surface area contributed by atoms with Gasteiger partial charge < -0.3 is 0 Å². The summed E-state index contributed by atoms with van der Waals surface area (Å²) in [4.78, 5) is 0. The molecule has 1 heteroatoms. The molecule has 0 amide bonds. The molecule has 0 heterocycles. The van der Waals surface area contributed by atoms with Crippen LogP contribution in [0.3, 0.4) is 0 Å². The van der Waals surface area contributed by atoms with Crippen LogP contribution in [-0.2, 0) is 0 Å². The first-order valence-corrected chi connectivity index (χ1v) is 3.20. The molecule has 56 valence electrons. The maximum Gasteiger partial charge on any atom is 0.0785 e. The van der Waals surface area contributed by atoms with Crippen LogP contribution >= 0.6 is 0 Å². The molecule has 0 aliphatic carbocycles. The van der Waals surface area contributed by atoms with Crippen LogP contribution in [0.15, 0.2) is 24.3 Å². The van der Waals surface area contributed by atoms with Gasteiger partial charge in [-0.3, -0.25) is 4.39 Å². The Morgan fingerprint density at radius 2 is 1.40 bits per heavy atom. The molecule has 1 aromatic carbocycles. The number of alkyl halides is 1. The molecular formula is C9H13F. The zero-order valence-corrected chi connectivity index (χ0v) is 6.69. The average molecular weight is 140 g/mol. The first kappa shape index (κ1) is 9.15. The SMILES string of the molecule is CF.Cc1cccc(C)c1. The van der Waals surface area contributed by atoms with Gasteiger partial charge in [-0.25, -0.2) is 0 Å². The Kier molecular flexibility index (Phi) is 4.55. The second kappa shape index (κ2) is 4.98. The van der Waals surface area contributed by atoms with Gasteiger partial charge in [-0.15, -0.1) is 0 Å². The molecular weight excluding hydrogens is 127 g/mol. The minimum atomic E-state index is 0.500. The summed E-state index contributed by atoms with van der Waals surface area (Å²) in [5.41, 5.74) is 2.68. The fraction of sp³-hybridized carbons (Fsp3) is 0.333. The molecule has 1 rings (SSSR count). The van der Waals surface area contributed by atoms with Gasteiger partial charge in [0.05, 0.1) is 7.18 Å². The van der Waals surface area contributed by atoms with Gasteiger partial charge in [0.2, 0.25) is 0 Å². The Balaban J connectivity index is 0.000000371. The quantitative estimate of drug-likeness (QED) is 0.519. The van der Waals surface area contributed by atoms with Crippen LogP contribution in [0.25, 0.3) is 0 Å². The molecule has 0 aromatic heterocycles. The summed E-state index contributed by atoms with van der Waals surface area (Å²) in [6, 6.07) is 8.45. The lowest BCUT2D eigenvalue weighted by atomic mass is 10.2. The Morgan fingerprint density at radius 1 is 1.00 bits per heavy atom. The van der Waals surface area contributed by atoms with E-state index in [-0.39, 0.29) is 0 Å². The van der Waals surface area contributed by atoms with Crippen molar-refractivity contribution in [2.75, 3.05) is 7.18 Å². The topological polar surface area (TPSA) is 0 Å². The summed E-state index contributed by atoms with van der Waals surface area (Å²) >= 11 is 0. The Hall–Kier alpha value is -0.850. The lowest BCUT2D eigenvalue weighted by Crippen LogP contribution is -1.71. The highest BCUT2D eigenvalue weighted by molar-refractivity contribution is 5.20. The molecule has 0 atom stereocenters. The maximum absolute atomic E-state index is 9.50. The molecule has 0 fully saturated rings. The molecule has 0 nitrogen and oxygen atoms in total. The van der Waals surface area contributed by atoms with Crippen molar-refractivity contribution in [2.45, 2.75) is 13.8 Å². The van der Waals surface area contributed by atoms with E-state index in [0.29, 0.717) is 7.18 Å². The standard InChI is InChI=1S/C8H10.CH3F/c1-7-4-3-5-8(2)6-7;1-2/h3-6H,1-2H3;1H3. The zero-order chi connectivity index (χ0) is 7.98. The largest absolute Gasteiger partial charge is 0.255 e. The van der Waals surface area contributed by atoms with E-state index >= 15 is 0 Å². The number of hydrogen-bond donors (Lipinski definition) is 0. The van der Waals surface area contributed by atoms with Gasteiger partial charge in [-0.05, 0) is 13.8 Å². The fourth-order valence-corrected chi connectivity index (χ4v) is 0.807. The third kappa shape index (κ3) is 3.23.